The van der Waals surface area contributed by atoms with Crippen LogP contribution in [-0.4, -0.2) is 18.3 Å². The van der Waals surface area contributed by atoms with Crippen molar-refractivity contribution in [2.24, 2.45) is 0 Å². The topological polar surface area (TPSA) is 0 Å². The summed E-state index contributed by atoms with van der Waals surface area (Å²) in [5, 5.41) is 0. The lowest BCUT2D eigenvalue weighted by Crippen LogP contribution is -2.24. The third kappa shape index (κ3) is 7.81. The maximum atomic E-state index is 12.1. The minimum absolute atomic E-state index is 0.805. The van der Waals surface area contributed by atoms with Crippen molar-refractivity contribution < 1.29 is 35.1 Å². The van der Waals surface area contributed by atoms with E-state index in [4.69, 9.17) is 0 Å². The van der Waals surface area contributed by atoms with Crippen LogP contribution in [0.25, 0.3) is 0 Å². The minimum Gasteiger partial charge on any atom is -0.202 e. The van der Waals surface area contributed by atoms with Crippen LogP contribution in [0.1, 0.15) is 6.42 Å². The number of rotatable bonds is 2. The van der Waals surface area contributed by atoms with Crippen molar-refractivity contribution in [3.8, 4) is 0 Å². The molecule has 0 saturated carbocycles. The SMILES string of the molecule is FC(F)(F)C=CC(F)(F)CC(F)(F)F. The molecule has 14 heavy (non-hydrogen) atoms. The van der Waals surface area contributed by atoms with Crippen LogP contribution in [0, 0.1) is 0 Å². The second-order valence-corrected chi connectivity index (χ2v) is 2.43. The first-order valence-electron chi connectivity index (χ1n) is 3.13. The van der Waals surface area contributed by atoms with Crippen LogP contribution < -0.4 is 0 Å². The molecule has 8 heteroatoms. The predicted molar refractivity (Wildman–Crippen MR) is 30.8 cm³/mol. The number of hydrogen-bond donors (Lipinski definition) is 0. The number of hydrogen-bond acceptors (Lipinski definition) is 0. The molecular weight excluding hydrogens is 224 g/mol. The first-order valence-corrected chi connectivity index (χ1v) is 3.13. The van der Waals surface area contributed by atoms with Crippen molar-refractivity contribution in [2.75, 3.05) is 0 Å². The van der Waals surface area contributed by atoms with Gasteiger partial charge in [0.2, 0.25) is 0 Å². The highest BCUT2D eigenvalue weighted by Crippen LogP contribution is 2.33. The van der Waals surface area contributed by atoms with Gasteiger partial charge in [-0.3, -0.25) is 0 Å². The van der Waals surface area contributed by atoms with Crippen LogP contribution in [0.2, 0.25) is 0 Å². The fourth-order valence-corrected chi connectivity index (χ4v) is 0.543. The van der Waals surface area contributed by atoms with Gasteiger partial charge in [-0.1, -0.05) is 0 Å². The molecule has 0 spiro atoms. The molecule has 0 aromatic rings. The van der Waals surface area contributed by atoms with Gasteiger partial charge in [-0.05, 0) is 6.08 Å². The molecule has 0 aliphatic rings. The molecule has 0 radical (unpaired) electrons. The number of alkyl halides is 8. The summed E-state index contributed by atoms with van der Waals surface area (Å²) in [5.74, 6) is -4.53. The molecule has 84 valence electrons. The molecule has 0 atom stereocenters. The molecule has 0 rings (SSSR count). The molecular formula is C6H4F8. The smallest absolute Gasteiger partial charge is 0.202 e. The monoisotopic (exact) mass is 228 g/mol. The maximum absolute atomic E-state index is 12.1. The summed E-state index contributed by atoms with van der Waals surface area (Å²) in [7, 11) is 0. The van der Waals surface area contributed by atoms with Gasteiger partial charge in [-0.2, -0.15) is 26.3 Å². The molecule has 0 unspecified atom stereocenters. The Morgan fingerprint density at radius 2 is 1.14 bits per heavy atom. The number of allylic oxidation sites excluding steroid dienone is 2. The van der Waals surface area contributed by atoms with Crippen LogP contribution in [0.3, 0.4) is 0 Å². The lowest BCUT2D eigenvalue weighted by Gasteiger charge is -2.14. The Bertz CT molecular complexity index is 207. The third-order valence-corrected chi connectivity index (χ3v) is 0.952. The molecule has 0 saturated heterocycles. The fraction of sp³-hybridized carbons (Fsp3) is 0.667. The molecule has 0 heterocycles. The van der Waals surface area contributed by atoms with E-state index < -0.39 is 36.8 Å². The van der Waals surface area contributed by atoms with Gasteiger partial charge in [-0.25, -0.2) is 8.78 Å². The van der Waals surface area contributed by atoms with Crippen LogP contribution >= 0.6 is 0 Å². The average molecular weight is 228 g/mol. The van der Waals surface area contributed by atoms with Crippen molar-refractivity contribution in [2.45, 2.75) is 24.7 Å². The summed E-state index contributed by atoms with van der Waals surface area (Å²) in [4.78, 5) is 0. The van der Waals surface area contributed by atoms with E-state index in [1.165, 1.54) is 0 Å². The predicted octanol–water partition coefficient (Wildman–Crippen LogP) is 3.69. The number of halogens is 8. The molecule has 0 aromatic heterocycles. The molecule has 0 aliphatic carbocycles. The molecule has 0 N–H and O–H groups in total. The standard InChI is InChI=1S/C6H4F8/c7-4(8,3-6(12,13)14)1-2-5(9,10)11/h1-2H,3H2. The van der Waals surface area contributed by atoms with E-state index >= 15 is 0 Å². The molecule has 0 bridgehead atoms. The summed E-state index contributed by atoms with van der Waals surface area (Å²) < 4.78 is 92.4. The van der Waals surface area contributed by atoms with Crippen LogP contribution in [-0.2, 0) is 0 Å². The van der Waals surface area contributed by atoms with E-state index in [0.717, 1.165) is 0 Å². The Morgan fingerprint density at radius 1 is 0.714 bits per heavy atom. The van der Waals surface area contributed by atoms with Gasteiger partial charge >= 0.3 is 12.4 Å². The molecule has 0 fully saturated rings. The molecule has 0 amide bonds. The molecule has 0 nitrogen and oxygen atoms in total. The van der Waals surface area contributed by atoms with Crippen molar-refractivity contribution in [3.05, 3.63) is 12.2 Å². The van der Waals surface area contributed by atoms with Gasteiger partial charge in [0, 0.05) is 6.08 Å². The van der Waals surface area contributed by atoms with E-state index in [-0.39, 0.29) is 0 Å². The van der Waals surface area contributed by atoms with Gasteiger partial charge in [-0.15, -0.1) is 0 Å². The zero-order valence-corrected chi connectivity index (χ0v) is 6.39. The van der Waals surface area contributed by atoms with Crippen molar-refractivity contribution in [1.82, 2.24) is 0 Å². The van der Waals surface area contributed by atoms with E-state index in [1.807, 2.05) is 0 Å². The summed E-state index contributed by atoms with van der Waals surface area (Å²) >= 11 is 0. The van der Waals surface area contributed by atoms with Crippen LogP contribution in [0.5, 0.6) is 0 Å². The Labute approximate surface area is 73.2 Å². The van der Waals surface area contributed by atoms with Gasteiger partial charge in [0.1, 0.15) is 6.42 Å². The Kier molecular flexibility index (Phi) is 3.52. The van der Waals surface area contributed by atoms with Crippen LogP contribution in [0.15, 0.2) is 12.2 Å². The lowest BCUT2D eigenvalue weighted by atomic mass is 10.2. The van der Waals surface area contributed by atoms with Crippen molar-refractivity contribution >= 4 is 0 Å². The van der Waals surface area contributed by atoms with Gasteiger partial charge in [0.05, 0.1) is 0 Å². The highest BCUT2D eigenvalue weighted by Gasteiger charge is 2.42. The second-order valence-electron chi connectivity index (χ2n) is 2.43. The quantitative estimate of drug-likeness (QED) is 0.499. The first-order chi connectivity index (χ1) is 5.91. The zero-order valence-electron chi connectivity index (χ0n) is 6.39. The highest BCUT2D eigenvalue weighted by atomic mass is 19.4. The maximum Gasteiger partial charge on any atom is 0.409 e. The van der Waals surface area contributed by atoms with E-state index in [2.05, 4.69) is 0 Å². The summed E-state index contributed by atoms with van der Waals surface area (Å²) in [5.41, 5.74) is 0. The van der Waals surface area contributed by atoms with E-state index in [0.29, 0.717) is 0 Å². The van der Waals surface area contributed by atoms with Crippen molar-refractivity contribution in [1.29, 1.82) is 0 Å². The van der Waals surface area contributed by atoms with Gasteiger partial charge in [0.15, 0.2) is 0 Å². The van der Waals surface area contributed by atoms with E-state index in [1.54, 1.807) is 0 Å². The van der Waals surface area contributed by atoms with Gasteiger partial charge in [0.25, 0.3) is 5.92 Å². The first kappa shape index (κ1) is 13.2. The third-order valence-electron chi connectivity index (χ3n) is 0.952. The van der Waals surface area contributed by atoms with Crippen LogP contribution in [0.4, 0.5) is 35.1 Å². The second kappa shape index (κ2) is 3.74. The normalized spacial score (nSPS) is 15.1. The zero-order chi connectivity index (χ0) is 11.6. The Hall–Kier alpha value is -0.820. The molecule has 0 aromatic carbocycles. The van der Waals surface area contributed by atoms with Gasteiger partial charge < -0.3 is 0 Å². The van der Waals surface area contributed by atoms with E-state index in [9.17, 15) is 35.1 Å². The summed E-state index contributed by atoms with van der Waals surface area (Å²) in [6.45, 7) is 0. The Morgan fingerprint density at radius 3 is 1.43 bits per heavy atom. The Balaban J connectivity index is 4.43. The minimum atomic E-state index is -5.21. The summed E-state index contributed by atoms with van der Waals surface area (Å²) in [6, 6.07) is 0. The lowest BCUT2D eigenvalue weighted by molar-refractivity contribution is -0.175. The molecule has 0 aliphatic heterocycles. The highest BCUT2D eigenvalue weighted by molar-refractivity contribution is 4.99. The van der Waals surface area contributed by atoms with Crippen molar-refractivity contribution in [3.63, 3.8) is 0 Å². The summed E-state index contributed by atoms with van der Waals surface area (Å²) in [6.07, 6.45) is -14.6. The largest absolute Gasteiger partial charge is 0.409 e. The average Bonchev–Trinajstić information content (AvgIpc) is 1.76. The fourth-order valence-electron chi connectivity index (χ4n) is 0.543.